The highest BCUT2D eigenvalue weighted by Gasteiger charge is 2.33. The minimum atomic E-state index is -1.57. The Morgan fingerprint density at radius 2 is 1.50 bits per heavy atom. The van der Waals surface area contributed by atoms with Gasteiger partial charge in [-0.15, -0.1) is 0 Å². The molecule has 2 aromatic rings. The average Bonchev–Trinajstić information content (AvgIpc) is 2.72. The molecule has 0 heterocycles. The van der Waals surface area contributed by atoms with E-state index in [0.717, 1.165) is 18.2 Å². The first-order valence-electron chi connectivity index (χ1n) is 9.40. The Morgan fingerprint density at radius 3 is 1.97 bits per heavy atom. The summed E-state index contributed by atoms with van der Waals surface area (Å²) in [6.07, 6.45) is 0. The van der Waals surface area contributed by atoms with Crippen molar-refractivity contribution in [3.8, 4) is 11.5 Å². The zero-order valence-electron chi connectivity index (χ0n) is 17.4. The molecule has 2 rings (SSSR count). The Balaban J connectivity index is 2.88. The molecule has 0 amide bonds. The van der Waals surface area contributed by atoms with Crippen molar-refractivity contribution in [1.82, 2.24) is 0 Å². The summed E-state index contributed by atoms with van der Waals surface area (Å²) in [7, 11) is 0. The number of nitro groups is 2. The van der Waals surface area contributed by atoms with E-state index in [1.165, 1.54) is 13.0 Å². The molecule has 0 saturated carbocycles. The standard InChI is InChI=1S/C20H20N2O10/c1-4-31-11-6-13(18(22(29)30)15(7-11)20(25)26)10(3)12-9-17(32-5-2)14(19(23)24)8-16(12)21(27)28/h6-10H,4-5H2,1-3H3,(H,23,24)(H,25,26). The van der Waals surface area contributed by atoms with E-state index in [1.807, 2.05) is 0 Å². The van der Waals surface area contributed by atoms with E-state index in [1.54, 1.807) is 13.8 Å². The smallest absolute Gasteiger partial charge is 0.342 e. The van der Waals surface area contributed by atoms with Crippen LogP contribution in [-0.4, -0.2) is 45.2 Å². The molecule has 12 heteroatoms. The number of ether oxygens (including phenoxy) is 2. The zero-order chi connectivity index (χ0) is 24.2. The van der Waals surface area contributed by atoms with Gasteiger partial charge in [0.25, 0.3) is 11.4 Å². The minimum absolute atomic E-state index is 0.0344. The monoisotopic (exact) mass is 448 g/mol. The molecule has 0 aliphatic heterocycles. The molecular weight excluding hydrogens is 428 g/mol. The summed E-state index contributed by atoms with van der Waals surface area (Å²) >= 11 is 0. The minimum Gasteiger partial charge on any atom is -0.494 e. The molecule has 0 fully saturated rings. The number of carboxylic acids is 2. The van der Waals surface area contributed by atoms with E-state index < -0.39 is 50.2 Å². The molecule has 1 atom stereocenters. The topological polar surface area (TPSA) is 179 Å². The van der Waals surface area contributed by atoms with Gasteiger partial charge in [-0.2, -0.15) is 0 Å². The maximum Gasteiger partial charge on any atom is 0.342 e. The van der Waals surface area contributed by atoms with Crippen molar-refractivity contribution in [1.29, 1.82) is 0 Å². The number of nitro benzene ring substituents is 2. The fourth-order valence-corrected chi connectivity index (χ4v) is 3.27. The molecular formula is C20H20N2O10. The van der Waals surface area contributed by atoms with Gasteiger partial charge in [0.05, 0.1) is 23.1 Å². The molecule has 0 aliphatic rings. The molecule has 1 unspecified atom stereocenters. The van der Waals surface area contributed by atoms with Gasteiger partial charge in [0.2, 0.25) is 0 Å². The molecule has 0 radical (unpaired) electrons. The van der Waals surface area contributed by atoms with Crippen LogP contribution < -0.4 is 9.47 Å². The van der Waals surface area contributed by atoms with Crippen LogP contribution in [0.5, 0.6) is 11.5 Å². The van der Waals surface area contributed by atoms with Crippen LogP contribution in [0.1, 0.15) is 58.5 Å². The van der Waals surface area contributed by atoms with Crippen molar-refractivity contribution in [3.05, 3.63) is 66.7 Å². The number of rotatable bonds is 10. The van der Waals surface area contributed by atoms with E-state index in [-0.39, 0.29) is 35.8 Å². The lowest BCUT2D eigenvalue weighted by Crippen LogP contribution is -2.12. The summed E-state index contributed by atoms with van der Waals surface area (Å²) in [6.45, 7) is 4.84. The van der Waals surface area contributed by atoms with Crippen LogP contribution in [0.4, 0.5) is 11.4 Å². The highest BCUT2D eigenvalue weighted by Crippen LogP contribution is 2.42. The number of hydrogen-bond acceptors (Lipinski definition) is 8. The first-order chi connectivity index (χ1) is 15.0. The molecule has 0 saturated heterocycles. The van der Waals surface area contributed by atoms with E-state index >= 15 is 0 Å². The van der Waals surface area contributed by atoms with E-state index in [9.17, 15) is 40.0 Å². The maximum absolute atomic E-state index is 11.7. The second-order valence-electron chi connectivity index (χ2n) is 6.53. The normalized spacial score (nSPS) is 11.5. The number of carboxylic acid groups (broad SMARTS) is 2. The third-order valence-electron chi connectivity index (χ3n) is 4.63. The molecule has 12 nitrogen and oxygen atoms in total. The number of hydrogen-bond donors (Lipinski definition) is 2. The quantitative estimate of drug-likeness (QED) is 0.400. The summed E-state index contributed by atoms with van der Waals surface area (Å²) in [5, 5.41) is 42.3. The zero-order valence-corrected chi connectivity index (χ0v) is 17.4. The second kappa shape index (κ2) is 9.73. The molecule has 0 bridgehead atoms. The predicted molar refractivity (Wildman–Crippen MR) is 110 cm³/mol. The highest BCUT2D eigenvalue weighted by atomic mass is 16.6. The van der Waals surface area contributed by atoms with Crippen molar-refractivity contribution in [3.63, 3.8) is 0 Å². The molecule has 0 spiro atoms. The van der Waals surface area contributed by atoms with Crippen molar-refractivity contribution >= 4 is 23.3 Å². The Kier molecular flexibility index (Phi) is 7.31. The highest BCUT2D eigenvalue weighted by molar-refractivity contribution is 5.94. The fraction of sp³-hybridized carbons (Fsp3) is 0.300. The van der Waals surface area contributed by atoms with Gasteiger partial charge in [-0.25, -0.2) is 9.59 Å². The van der Waals surface area contributed by atoms with Gasteiger partial charge in [0, 0.05) is 29.2 Å². The number of benzene rings is 2. The molecule has 170 valence electrons. The molecule has 32 heavy (non-hydrogen) atoms. The summed E-state index contributed by atoms with van der Waals surface area (Å²) in [5.74, 6) is -4.23. The van der Waals surface area contributed by atoms with Crippen molar-refractivity contribution in [2.24, 2.45) is 0 Å². The van der Waals surface area contributed by atoms with Crippen LogP contribution in [-0.2, 0) is 0 Å². The van der Waals surface area contributed by atoms with Gasteiger partial charge in [-0.3, -0.25) is 20.2 Å². The van der Waals surface area contributed by atoms with Gasteiger partial charge in [0.1, 0.15) is 22.6 Å². The Morgan fingerprint density at radius 1 is 0.906 bits per heavy atom. The van der Waals surface area contributed by atoms with Gasteiger partial charge < -0.3 is 19.7 Å². The molecule has 2 N–H and O–H groups in total. The summed E-state index contributed by atoms with van der Waals surface area (Å²) in [5.41, 5.74) is -2.67. The van der Waals surface area contributed by atoms with Crippen LogP contribution in [0, 0.1) is 20.2 Å². The molecule has 2 aromatic carbocycles. The van der Waals surface area contributed by atoms with E-state index in [0.29, 0.717) is 0 Å². The third kappa shape index (κ3) is 4.74. The number of carbonyl (C=O) groups is 2. The first kappa shape index (κ1) is 24.1. The largest absolute Gasteiger partial charge is 0.494 e. The first-order valence-corrected chi connectivity index (χ1v) is 9.40. The third-order valence-corrected chi connectivity index (χ3v) is 4.63. The Bertz CT molecular complexity index is 1100. The lowest BCUT2D eigenvalue weighted by molar-refractivity contribution is -0.386. The van der Waals surface area contributed by atoms with Crippen molar-refractivity contribution < 1.29 is 39.1 Å². The molecule has 0 aliphatic carbocycles. The van der Waals surface area contributed by atoms with Crippen LogP contribution in [0.15, 0.2) is 24.3 Å². The van der Waals surface area contributed by atoms with Crippen molar-refractivity contribution in [2.75, 3.05) is 13.2 Å². The number of nitrogens with zero attached hydrogens (tertiary/aromatic N) is 2. The maximum atomic E-state index is 11.7. The Labute approximate surface area is 181 Å². The summed E-state index contributed by atoms with van der Waals surface area (Å²) in [4.78, 5) is 44.9. The van der Waals surface area contributed by atoms with E-state index in [2.05, 4.69) is 0 Å². The predicted octanol–water partition coefficient (Wildman–Crippen LogP) is 3.85. The van der Waals surface area contributed by atoms with Crippen LogP contribution in [0.2, 0.25) is 0 Å². The van der Waals surface area contributed by atoms with Gasteiger partial charge in [0.15, 0.2) is 0 Å². The average molecular weight is 448 g/mol. The van der Waals surface area contributed by atoms with Gasteiger partial charge in [-0.1, -0.05) is 6.92 Å². The van der Waals surface area contributed by atoms with E-state index in [4.69, 9.17) is 9.47 Å². The van der Waals surface area contributed by atoms with Crippen molar-refractivity contribution in [2.45, 2.75) is 26.7 Å². The summed E-state index contributed by atoms with van der Waals surface area (Å²) < 4.78 is 10.6. The fourth-order valence-electron chi connectivity index (χ4n) is 3.27. The van der Waals surface area contributed by atoms with Crippen LogP contribution in [0.25, 0.3) is 0 Å². The molecule has 0 aromatic heterocycles. The Hall–Kier alpha value is -4.22. The van der Waals surface area contributed by atoms with Gasteiger partial charge >= 0.3 is 11.9 Å². The lowest BCUT2D eigenvalue weighted by atomic mass is 9.88. The summed E-state index contributed by atoms with van der Waals surface area (Å²) in [6, 6.07) is 4.20. The number of aromatic carboxylic acids is 2. The lowest BCUT2D eigenvalue weighted by Gasteiger charge is -2.18. The SMILES string of the molecule is CCOc1cc(C(=O)O)c([N+](=O)[O-])c(C(C)c2cc(OCC)c(C(=O)O)cc2[N+](=O)[O-])c1. The van der Waals surface area contributed by atoms with Gasteiger partial charge in [-0.05, 0) is 26.0 Å². The second-order valence-corrected chi connectivity index (χ2v) is 6.53. The van der Waals surface area contributed by atoms with Crippen LogP contribution >= 0.6 is 0 Å². The van der Waals surface area contributed by atoms with Crippen LogP contribution in [0.3, 0.4) is 0 Å².